The molecule has 1 unspecified atom stereocenters. The first kappa shape index (κ1) is 40.7. The van der Waals surface area contributed by atoms with E-state index in [2.05, 4.69) is 110 Å². The van der Waals surface area contributed by atoms with E-state index in [4.69, 9.17) is 22.4 Å². The monoisotopic (exact) mass is 672 g/mol. The highest BCUT2D eigenvalue weighted by Crippen LogP contribution is 2.42. The van der Waals surface area contributed by atoms with Gasteiger partial charge in [0.25, 0.3) is 0 Å². The highest BCUT2D eigenvalue weighted by atomic mass is 28.4. The molecule has 0 bridgehead atoms. The molecule has 0 aromatic heterocycles. The number of carbonyl (C=O) groups excluding carboxylic acids is 1. The lowest BCUT2D eigenvalue weighted by Crippen LogP contribution is -2.35. The van der Waals surface area contributed by atoms with Crippen molar-refractivity contribution in [2.45, 2.75) is 161 Å². The highest BCUT2D eigenvalue weighted by Gasteiger charge is 2.45. The van der Waals surface area contributed by atoms with Crippen LogP contribution in [0, 0.1) is 11.8 Å². The van der Waals surface area contributed by atoms with E-state index in [0.29, 0.717) is 12.3 Å². The molecule has 1 aliphatic rings. The minimum atomic E-state index is -1.77. The Hall–Kier alpha value is -0.342. The molecular weight excluding hydrogens is 605 g/mol. The Kier molecular flexibility index (Phi) is 17.1. The summed E-state index contributed by atoms with van der Waals surface area (Å²) in [5.74, 6) is 0.478. The van der Waals surface area contributed by atoms with E-state index in [1.807, 2.05) is 0 Å². The van der Waals surface area contributed by atoms with Crippen LogP contribution in [0.2, 0.25) is 78.6 Å². The largest absolute Gasteiger partial charge is 0.469 e. The van der Waals surface area contributed by atoms with Crippen LogP contribution in [0.15, 0.2) is 24.3 Å². The Labute approximate surface area is 270 Å². The lowest BCUT2D eigenvalue weighted by Gasteiger charge is -2.30. The van der Waals surface area contributed by atoms with Crippen LogP contribution < -0.4 is 0 Å². The second-order valence-corrected chi connectivity index (χ2v) is 34.2. The Balaban J connectivity index is 3.20. The lowest BCUT2D eigenvalue weighted by atomic mass is 9.89. The van der Waals surface area contributed by atoms with Crippen LogP contribution in [-0.4, -0.2) is 70.8 Å². The number of hydrogen-bond donors (Lipinski definition) is 0. The molecule has 43 heavy (non-hydrogen) atoms. The van der Waals surface area contributed by atoms with Gasteiger partial charge < -0.3 is 22.4 Å². The molecule has 1 saturated carbocycles. The first-order chi connectivity index (χ1) is 19.6. The quantitative estimate of drug-likeness (QED) is 0.0556. The first-order valence-electron chi connectivity index (χ1n) is 16.7. The van der Waals surface area contributed by atoms with Gasteiger partial charge in [0, 0.05) is 18.4 Å². The van der Waals surface area contributed by atoms with Gasteiger partial charge in [0.2, 0.25) is 0 Å². The fourth-order valence-corrected chi connectivity index (χ4v) is 10.6. The van der Waals surface area contributed by atoms with Gasteiger partial charge in [-0.25, -0.2) is 0 Å². The van der Waals surface area contributed by atoms with Gasteiger partial charge in [-0.3, -0.25) is 4.79 Å². The second kappa shape index (κ2) is 18.1. The van der Waals surface area contributed by atoms with E-state index in [9.17, 15) is 4.79 Å². The van der Waals surface area contributed by atoms with E-state index in [1.165, 1.54) is 7.11 Å². The van der Waals surface area contributed by atoms with Gasteiger partial charge in [0.15, 0.2) is 33.3 Å². The van der Waals surface area contributed by atoms with Crippen LogP contribution in [0.1, 0.15) is 58.3 Å². The molecule has 10 heteroatoms. The van der Waals surface area contributed by atoms with Gasteiger partial charge in [-0.1, -0.05) is 24.3 Å². The van der Waals surface area contributed by atoms with Crippen LogP contribution in [0.3, 0.4) is 0 Å². The molecule has 0 spiro atoms. The molecule has 6 nitrogen and oxygen atoms in total. The SMILES string of the molecule is COC(=O)CCC/C=C\C[C@@H]1[C@@H](/C=C/[C@H](CCCC(C)O[Si](C)(C)C)O[Si](C)(C)C)[C@H](O[Si](C)(C)C)C[C@@H]1O[Si](C)(C)C. The summed E-state index contributed by atoms with van der Waals surface area (Å²) in [6.07, 6.45) is 17.2. The average Bonchev–Trinajstić information content (AvgIpc) is 3.09. The van der Waals surface area contributed by atoms with Crippen LogP contribution in [-0.2, 0) is 27.2 Å². The fraction of sp³-hybridized carbons (Fsp3) is 0.848. The minimum absolute atomic E-state index is 0.102. The van der Waals surface area contributed by atoms with E-state index >= 15 is 0 Å². The molecule has 1 fully saturated rings. The maximum absolute atomic E-state index is 11.5. The number of unbranched alkanes of at least 4 members (excludes halogenated alkanes) is 1. The summed E-state index contributed by atoms with van der Waals surface area (Å²) in [7, 11) is -5.35. The van der Waals surface area contributed by atoms with E-state index in [-0.39, 0.29) is 36.3 Å². The topological polar surface area (TPSA) is 63.2 Å². The molecule has 1 aliphatic carbocycles. The van der Waals surface area contributed by atoms with Crippen molar-refractivity contribution in [3.05, 3.63) is 24.3 Å². The van der Waals surface area contributed by atoms with Crippen LogP contribution in [0.5, 0.6) is 0 Å². The molecule has 6 atom stereocenters. The Morgan fingerprint density at radius 2 is 1.35 bits per heavy atom. The molecule has 0 amide bonds. The average molecular weight is 673 g/mol. The highest BCUT2D eigenvalue weighted by molar-refractivity contribution is 6.70. The van der Waals surface area contributed by atoms with Crippen molar-refractivity contribution in [2.75, 3.05) is 7.11 Å². The number of allylic oxidation sites excluding steroid dienone is 2. The summed E-state index contributed by atoms with van der Waals surface area (Å²) in [6, 6.07) is 0. The molecule has 0 heterocycles. The number of rotatable bonds is 20. The molecule has 0 aromatic rings. The zero-order valence-electron chi connectivity index (χ0n) is 30.4. The van der Waals surface area contributed by atoms with Crippen molar-refractivity contribution in [2.24, 2.45) is 11.8 Å². The molecule has 0 aromatic carbocycles. The van der Waals surface area contributed by atoms with Crippen molar-refractivity contribution in [1.82, 2.24) is 0 Å². The summed E-state index contributed by atoms with van der Waals surface area (Å²) in [5, 5.41) is 0. The van der Waals surface area contributed by atoms with E-state index in [1.54, 1.807) is 0 Å². The number of esters is 1. The standard InChI is InChI=1S/C33H68O6Si4/c1-27(36-40(3,4)5)20-19-21-28(37-41(6,7)8)24-25-30-29(22-17-15-16-18-23-33(34)35-2)31(38-42(9,10)11)26-32(30)39-43(12,13)14/h15,17,24-25,27-32H,16,18-23,26H2,1-14H3/b17-15-,25-24+/t27?,28-,29+,30+,31-,32+/m0/s1. The first-order valence-corrected chi connectivity index (χ1v) is 30.3. The molecular formula is C33H68O6Si4. The second-order valence-electron chi connectivity index (χ2n) is 16.3. The molecule has 0 aliphatic heterocycles. The van der Waals surface area contributed by atoms with Gasteiger partial charge in [-0.2, -0.15) is 0 Å². The zero-order chi connectivity index (χ0) is 33.1. The van der Waals surface area contributed by atoms with Gasteiger partial charge in [0.1, 0.15) is 0 Å². The van der Waals surface area contributed by atoms with Crippen molar-refractivity contribution in [3.63, 3.8) is 0 Å². The van der Waals surface area contributed by atoms with Gasteiger partial charge in [-0.15, -0.1) is 0 Å². The maximum atomic E-state index is 11.5. The Morgan fingerprint density at radius 1 is 0.767 bits per heavy atom. The van der Waals surface area contributed by atoms with Crippen molar-refractivity contribution in [1.29, 1.82) is 0 Å². The van der Waals surface area contributed by atoms with Gasteiger partial charge in [0.05, 0.1) is 25.4 Å². The van der Waals surface area contributed by atoms with E-state index in [0.717, 1.165) is 44.9 Å². The van der Waals surface area contributed by atoms with Crippen LogP contribution >= 0.6 is 0 Å². The predicted molar refractivity (Wildman–Crippen MR) is 193 cm³/mol. The van der Waals surface area contributed by atoms with Crippen molar-refractivity contribution < 1.29 is 27.2 Å². The van der Waals surface area contributed by atoms with Crippen molar-refractivity contribution >= 4 is 39.2 Å². The van der Waals surface area contributed by atoms with Crippen molar-refractivity contribution in [3.8, 4) is 0 Å². The maximum Gasteiger partial charge on any atom is 0.305 e. The summed E-state index contributed by atoms with van der Waals surface area (Å²) >= 11 is 0. The molecule has 0 saturated heterocycles. The molecule has 1 rings (SSSR count). The Morgan fingerprint density at radius 3 is 1.88 bits per heavy atom. The fourth-order valence-electron chi connectivity index (χ4n) is 5.84. The number of methoxy groups -OCH3 is 1. The Bertz CT molecular complexity index is 867. The molecule has 0 N–H and O–H groups in total. The molecule has 252 valence electrons. The summed E-state index contributed by atoms with van der Waals surface area (Å²) in [5.41, 5.74) is 0. The smallest absolute Gasteiger partial charge is 0.305 e. The van der Waals surface area contributed by atoms with E-state index < -0.39 is 33.3 Å². The molecule has 0 radical (unpaired) electrons. The van der Waals surface area contributed by atoms with Crippen LogP contribution in [0.4, 0.5) is 0 Å². The number of carbonyl (C=O) groups is 1. The summed E-state index contributed by atoms with van der Waals surface area (Å²) in [4.78, 5) is 11.5. The van der Waals surface area contributed by atoms with Gasteiger partial charge in [-0.05, 0) is 136 Å². The third kappa shape index (κ3) is 19.7. The summed E-state index contributed by atoms with van der Waals surface area (Å²) in [6.45, 7) is 29.6. The third-order valence-corrected chi connectivity index (χ3v) is 11.3. The lowest BCUT2D eigenvalue weighted by molar-refractivity contribution is -0.140. The zero-order valence-corrected chi connectivity index (χ0v) is 34.4. The normalized spacial score (nSPS) is 23.8. The van der Waals surface area contributed by atoms with Gasteiger partial charge >= 0.3 is 5.97 Å². The predicted octanol–water partition coefficient (Wildman–Crippen LogP) is 9.54. The number of hydrogen-bond acceptors (Lipinski definition) is 6. The minimum Gasteiger partial charge on any atom is -0.469 e. The van der Waals surface area contributed by atoms with Crippen LogP contribution in [0.25, 0.3) is 0 Å². The summed E-state index contributed by atoms with van der Waals surface area (Å²) < 4.78 is 31.5. The number of ether oxygens (including phenoxy) is 1. The third-order valence-electron chi connectivity index (χ3n) is 7.14.